The van der Waals surface area contributed by atoms with Gasteiger partial charge in [-0.2, -0.15) is 0 Å². The Labute approximate surface area is 312 Å². The lowest BCUT2D eigenvalue weighted by Crippen LogP contribution is -2.66. The van der Waals surface area contributed by atoms with Crippen LogP contribution in [-0.4, -0.2) is 152 Å². The summed E-state index contributed by atoms with van der Waals surface area (Å²) in [5.41, 5.74) is -1.92. The third-order valence-electron chi connectivity index (χ3n) is 14.3. The number of methoxy groups -OCH3 is 1. The van der Waals surface area contributed by atoms with Crippen molar-refractivity contribution in [3.63, 3.8) is 0 Å². The Bertz CT molecular complexity index is 1330. The molecule has 0 radical (unpaired) electrons. The maximum absolute atomic E-state index is 12.8. The van der Waals surface area contributed by atoms with Gasteiger partial charge in [0.25, 0.3) is 0 Å². The Morgan fingerprint density at radius 3 is 2.26 bits per heavy atom. The highest BCUT2D eigenvalue weighted by molar-refractivity contribution is 5.33. The summed E-state index contributed by atoms with van der Waals surface area (Å²) in [4.78, 5) is 0. The van der Waals surface area contributed by atoms with E-state index >= 15 is 0 Å². The molecule has 0 aromatic rings. The summed E-state index contributed by atoms with van der Waals surface area (Å²) in [7, 11) is 1.42. The zero-order chi connectivity index (χ0) is 38.8. The van der Waals surface area contributed by atoms with Crippen LogP contribution in [0.25, 0.3) is 0 Å². The molecule has 3 saturated carbocycles. The van der Waals surface area contributed by atoms with E-state index in [9.17, 15) is 46.0 Å². The van der Waals surface area contributed by atoms with Crippen molar-refractivity contribution in [2.45, 2.75) is 146 Å². The minimum absolute atomic E-state index is 0.00596. The molecule has 14 nitrogen and oxygen atoms in total. The molecule has 6 rings (SSSR count). The molecule has 20 unspecified atom stereocenters. The summed E-state index contributed by atoms with van der Waals surface area (Å²) >= 11 is 0. The van der Waals surface area contributed by atoms with E-state index in [1.165, 1.54) is 7.11 Å². The molecule has 0 amide bonds. The van der Waals surface area contributed by atoms with E-state index in [0.29, 0.717) is 25.7 Å². The van der Waals surface area contributed by atoms with E-state index in [-0.39, 0.29) is 49.2 Å². The molecule has 4 aliphatic carbocycles. The van der Waals surface area contributed by atoms with E-state index in [1.54, 1.807) is 0 Å². The number of ether oxygens (including phenoxy) is 5. The average Bonchev–Trinajstić information content (AvgIpc) is 3.49. The molecular weight excluding hydrogens is 692 g/mol. The summed E-state index contributed by atoms with van der Waals surface area (Å²) in [5.74, 6) is -1.53. The minimum atomic E-state index is -1.45. The van der Waals surface area contributed by atoms with Gasteiger partial charge < -0.3 is 69.6 Å². The van der Waals surface area contributed by atoms with Crippen LogP contribution >= 0.6 is 0 Å². The fourth-order valence-electron chi connectivity index (χ4n) is 11.4. The van der Waals surface area contributed by atoms with Crippen LogP contribution in [0.3, 0.4) is 0 Å². The fourth-order valence-corrected chi connectivity index (χ4v) is 11.4. The van der Waals surface area contributed by atoms with Crippen LogP contribution in [-0.2, 0) is 23.7 Å². The van der Waals surface area contributed by atoms with E-state index in [4.69, 9.17) is 23.7 Å². The average molecular weight is 757 g/mol. The zero-order valence-corrected chi connectivity index (χ0v) is 31.8. The van der Waals surface area contributed by atoms with Crippen molar-refractivity contribution in [1.82, 2.24) is 0 Å². The Morgan fingerprint density at radius 1 is 0.906 bits per heavy atom. The molecule has 20 atom stereocenters. The summed E-state index contributed by atoms with van der Waals surface area (Å²) in [6, 6.07) is 0. The second-order valence-corrected chi connectivity index (χ2v) is 17.7. The minimum Gasteiger partial charge on any atom is -0.394 e. The maximum atomic E-state index is 12.8. The normalized spacial score (nSPS) is 51.2. The van der Waals surface area contributed by atoms with Gasteiger partial charge in [-0.3, -0.25) is 0 Å². The van der Waals surface area contributed by atoms with Crippen molar-refractivity contribution in [3.8, 4) is 0 Å². The lowest BCUT2D eigenvalue weighted by Gasteiger charge is -2.63. The number of hydrogen-bond donors (Lipinski definition) is 9. The fraction of sp³-hybridized carbons (Fsp3) is 0.897. The van der Waals surface area contributed by atoms with Crippen LogP contribution in [0.15, 0.2) is 23.8 Å². The SMILES string of the molecule is COC1C(OC2C=C3C(O)CC4(O)C(CCC5(C)C(C(C)C=CC(COC6OC(CO)C(O)C6O)C(C)C)C(O)C(O)C54)C3(C)CC2)OCC(O)C1O. The van der Waals surface area contributed by atoms with Crippen molar-refractivity contribution < 1.29 is 69.6 Å². The second kappa shape index (κ2) is 15.7. The molecule has 2 saturated heterocycles. The number of aliphatic hydroxyl groups excluding tert-OH is 8. The van der Waals surface area contributed by atoms with Gasteiger partial charge >= 0.3 is 0 Å². The van der Waals surface area contributed by atoms with Gasteiger partial charge in [-0.05, 0) is 65.8 Å². The maximum Gasteiger partial charge on any atom is 0.187 e. The highest BCUT2D eigenvalue weighted by Crippen LogP contribution is 2.69. The first-order valence-electron chi connectivity index (χ1n) is 19.5. The zero-order valence-electron chi connectivity index (χ0n) is 31.8. The van der Waals surface area contributed by atoms with E-state index in [0.717, 1.165) is 5.57 Å². The molecule has 14 heteroatoms. The molecule has 304 valence electrons. The van der Waals surface area contributed by atoms with Crippen molar-refractivity contribution >= 4 is 0 Å². The second-order valence-electron chi connectivity index (χ2n) is 17.7. The smallest absolute Gasteiger partial charge is 0.187 e. The van der Waals surface area contributed by atoms with Gasteiger partial charge in [0.05, 0.1) is 49.8 Å². The van der Waals surface area contributed by atoms with Crippen LogP contribution in [0.4, 0.5) is 0 Å². The van der Waals surface area contributed by atoms with Crippen LogP contribution < -0.4 is 0 Å². The van der Waals surface area contributed by atoms with Crippen LogP contribution in [0, 0.1) is 46.3 Å². The Kier molecular flexibility index (Phi) is 12.3. The summed E-state index contributed by atoms with van der Waals surface area (Å²) in [6.07, 6.45) is -3.95. The summed E-state index contributed by atoms with van der Waals surface area (Å²) < 4.78 is 28.6. The molecule has 0 aromatic heterocycles. The van der Waals surface area contributed by atoms with Gasteiger partial charge in [0, 0.05) is 25.4 Å². The van der Waals surface area contributed by atoms with Gasteiger partial charge in [0.1, 0.15) is 36.6 Å². The highest BCUT2D eigenvalue weighted by atomic mass is 16.7. The van der Waals surface area contributed by atoms with E-state index < -0.39 is 103 Å². The first-order chi connectivity index (χ1) is 24.9. The van der Waals surface area contributed by atoms with Gasteiger partial charge in [-0.1, -0.05) is 52.8 Å². The Hall–Kier alpha value is -1.08. The van der Waals surface area contributed by atoms with Crippen LogP contribution in [0.2, 0.25) is 0 Å². The predicted molar refractivity (Wildman–Crippen MR) is 189 cm³/mol. The topological polar surface area (TPSA) is 228 Å². The highest BCUT2D eigenvalue weighted by Gasteiger charge is 2.72. The number of rotatable bonds is 11. The van der Waals surface area contributed by atoms with Crippen molar-refractivity contribution in [1.29, 1.82) is 0 Å². The third kappa shape index (κ3) is 7.11. The molecule has 5 fully saturated rings. The van der Waals surface area contributed by atoms with Gasteiger partial charge in [-0.25, -0.2) is 0 Å². The number of allylic oxidation sites excluding steroid dienone is 1. The standard InChI is InChI=1S/C39H64O14/c1-18(2)20(16-50-35-32(47)29(44)25(15-40)53-35)8-7-19(3)27-30(45)31(46)34-38(27,5)12-10-26-37(4)11-9-21(13-22(37)23(41)14-39(26,34)48)52-36-33(49-6)28(43)24(42)17-51-36/h7-8,13,18-21,23-36,40-48H,9-12,14-17H2,1-6H3. The van der Waals surface area contributed by atoms with Crippen molar-refractivity contribution in [2.24, 2.45) is 46.3 Å². The first kappa shape index (κ1) is 41.6. The molecule has 53 heavy (non-hydrogen) atoms. The lowest BCUT2D eigenvalue weighted by molar-refractivity contribution is -0.285. The van der Waals surface area contributed by atoms with Crippen LogP contribution in [0.5, 0.6) is 0 Å². The monoisotopic (exact) mass is 756 g/mol. The number of aliphatic hydroxyl groups is 9. The van der Waals surface area contributed by atoms with Crippen molar-refractivity contribution in [2.75, 3.05) is 26.9 Å². The first-order valence-corrected chi connectivity index (χ1v) is 19.5. The molecule has 6 aliphatic rings. The Balaban J connectivity index is 1.17. The van der Waals surface area contributed by atoms with Gasteiger partial charge in [-0.15, -0.1) is 0 Å². The van der Waals surface area contributed by atoms with Crippen LogP contribution in [0.1, 0.15) is 66.7 Å². The summed E-state index contributed by atoms with van der Waals surface area (Å²) in [6.45, 7) is 9.86. The number of fused-ring (bicyclic) bond motifs is 5. The molecule has 0 bridgehead atoms. The molecule has 0 aromatic carbocycles. The molecule has 9 N–H and O–H groups in total. The lowest BCUT2D eigenvalue weighted by atomic mass is 9.43. The summed E-state index contributed by atoms with van der Waals surface area (Å²) in [5, 5.41) is 98.4. The van der Waals surface area contributed by atoms with E-state index in [1.807, 2.05) is 39.0 Å². The molecule has 2 heterocycles. The van der Waals surface area contributed by atoms with E-state index in [2.05, 4.69) is 13.8 Å². The van der Waals surface area contributed by atoms with Gasteiger partial charge in [0.2, 0.25) is 0 Å². The number of hydrogen-bond acceptors (Lipinski definition) is 14. The largest absolute Gasteiger partial charge is 0.394 e. The molecule has 2 aliphatic heterocycles. The quantitative estimate of drug-likeness (QED) is 0.127. The third-order valence-corrected chi connectivity index (χ3v) is 14.3. The van der Waals surface area contributed by atoms with Crippen molar-refractivity contribution in [3.05, 3.63) is 23.8 Å². The Morgan fingerprint density at radius 2 is 1.62 bits per heavy atom. The van der Waals surface area contributed by atoms with Gasteiger partial charge in [0.15, 0.2) is 12.6 Å². The molecule has 0 spiro atoms. The predicted octanol–water partition coefficient (Wildman–Crippen LogP) is -0.00890. The molecular formula is C39H64O14.